The van der Waals surface area contributed by atoms with E-state index in [0.717, 1.165) is 24.1 Å². The zero-order valence-corrected chi connectivity index (χ0v) is 13.2. The number of pyridine rings is 1. The van der Waals surface area contributed by atoms with Crippen molar-refractivity contribution in [2.75, 3.05) is 20.2 Å². The Labute approximate surface area is 136 Å². The molecule has 4 N–H and O–H groups in total. The zero-order chi connectivity index (χ0) is 16.5. The number of guanidine groups is 1. The van der Waals surface area contributed by atoms with Gasteiger partial charge in [0.2, 0.25) is 0 Å². The van der Waals surface area contributed by atoms with Crippen molar-refractivity contribution in [1.29, 1.82) is 0 Å². The van der Waals surface area contributed by atoms with Crippen LogP contribution in [0.25, 0.3) is 0 Å². The fraction of sp³-hybridized carbons (Fsp3) is 0.294. The zero-order valence-electron chi connectivity index (χ0n) is 13.2. The summed E-state index contributed by atoms with van der Waals surface area (Å²) in [4.78, 5) is 8.52. The van der Waals surface area contributed by atoms with Crippen molar-refractivity contribution in [3.63, 3.8) is 0 Å². The summed E-state index contributed by atoms with van der Waals surface area (Å²) in [5.74, 6) is 1.03. The van der Waals surface area contributed by atoms with E-state index in [1.165, 1.54) is 7.11 Å². The first-order chi connectivity index (χ1) is 11.2. The van der Waals surface area contributed by atoms with Gasteiger partial charge in [-0.05, 0) is 36.2 Å². The van der Waals surface area contributed by atoms with E-state index in [0.29, 0.717) is 24.8 Å². The monoisotopic (exact) mass is 314 g/mol. The first-order valence-electron chi connectivity index (χ1n) is 7.48. The maximum Gasteiger partial charge on any atom is 0.188 e. The summed E-state index contributed by atoms with van der Waals surface area (Å²) in [6.07, 6.45) is 3.29. The van der Waals surface area contributed by atoms with E-state index in [4.69, 9.17) is 10.5 Å². The van der Waals surface area contributed by atoms with E-state index in [1.807, 2.05) is 30.3 Å². The lowest BCUT2D eigenvalue weighted by Crippen LogP contribution is -2.33. The number of nitrogens with one attached hydrogen (secondary N) is 1. The second-order valence-electron chi connectivity index (χ2n) is 5.02. The van der Waals surface area contributed by atoms with E-state index < -0.39 is 0 Å². The molecule has 2 aromatic rings. The smallest absolute Gasteiger partial charge is 0.188 e. The van der Waals surface area contributed by atoms with Crippen LogP contribution in [0.4, 0.5) is 0 Å². The molecule has 0 amide bonds. The minimum Gasteiger partial charge on any atom is -0.504 e. The standard InChI is InChI=1S/C17H22N4O2/c1-23-16-12-13(5-6-15(16)22)7-10-20-17(18)21-11-8-14-4-2-3-9-19-14/h2-6,9,12,22H,7-8,10-11H2,1H3,(H3,18,20,21). The lowest BCUT2D eigenvalue weighted by Gasteiger charge is -2.08. The van der Waals surface area contributed by atoms with Crippen LogP contribution in [0.5, 0.6) is 11.5 Å². The molecule has 0 fully saturated rings. The lowest BCUT2D eigenvalue weighted by atomic mass is 10.1. The van der Waals surface area contributed by atoms with E-state index in [9.17, 15) is 5.11 Å². The highest BCUT2D eigenvalue weighted by Gasteiger charge is 2.02. The van der Waals surface area contributed by atoms with Gasteiger partial charge in [-0.25, -0.2) is 0 Å². The molecule has 0 aliphatic rings. The van der Waals surface area contributed by atoms with E-state index in [2.05, 4.69) is 15.3 Å². The average molecular weight is 314 g/mol. The molecule has 0 unspecified atom stereocenters. The average Bonchev–Trinajstić information content (AvgIpc) is 2.57. The molecule has 122 valence electrons. The third-order valence-corrected chi connectivity index (χ3v) is 3.34. The van der Waals surface area contributed by atoms with Gasteiger partial charge in [-0.2, -0.15) is 0 Å². The highest BCUT2D eigenvalue weighted by molar-refractivity contribution is 5.77. The van der Waals surface area contributed by atoms with Gasteiger partial charge < -0.3 is 20.9 Å². The van der Waals surface area contributed by atoms with E-state index >= 15 is 0 Å². The molecule has 0 bridgehead atoms. The van der Waals surface area contributed by atoms with Crippen LogP contribution in [0.3, 0.4) is 0 Å². The highest BCUT2D eigenvalue weighted by Crippen LogP contribution is 2.26. The van der Waals surface area contributed by atoms with Crippen molar-refractivity contribution in [2.24, 2.45) is 10.7 Å². The second-order valence-corrected chi connectivity index (χ2v) is 5.02. The van der Waals surface area contributed by atoms with Gasteiger partial charge in [-0.1, -0.05) is 12.1 Å². The minimum atomic E-state index is 0.139. The van der Waals surface area contributed by atoms with Crippen LogP contribution in [0, 0.1) is 0 Å². The molecule has 0 saturated heterocycles. The van der Waals surface area contributed by atoms with Crippen LogP contribution in [0.15, 0.2) is 47.6 Å². The number of benzene rings is 1. The molecule has 1 aromatic carbocycles. The number of rotatable bonds is 7. The minimum absolute atomic E-state index is 0.139. The summed E-state index contributed by atoms with van der Waals surface area (Å²) >= 11 is 0. The SMILES string of the molecule is COc1cc(CCNC(N)=NCCc2ccccn2)ccc1O. The van der Waals surface area contributed by atoms with Gasteiger partial charge >= 0.3 is 0 Å². The Hall–Kier alpha value is -2.76. The molecular formula is C17H22N4O2. The number of aromatic hydroxyl groups is 1. The Morgan fingerprint density at radius 2 is 2.17 bits per heavy atom. The Kier molecular flexibility index (Phi) is 6.23. The highest BCUT2D eigenvalue weighted by atomic mass is 16.5. The van der Waals surface area contributed by atoms with Gasteiger partial charge in [-0.15, -0.1) is 0 Å². The van der Waals surface area contributed by atoms with Gasteiger partial charge in [0.1, 0.15) is 0 Å². The lowest BCUT2D eigenvalue weighted by molar-refractivity contribution is 0.373. The molecule has 0 atom stereocenters. The van der Waals surface area contributed by atoms with Crippen molar-refractivity contribution in [3.8, 4) is 11.5 Å². The first kappa shape index (κ1) is 16.6. The van der Waals surface area contributed by atoms with E-state index in [-0.39, 0.29) is 5.75 Å². The maximum absolute atomic E-state index is 9.55. The maximum atomic E-state index is 9.55. The third kappa shape index (κ3) is 5.50. The molecule has 1 heterocycles. The van der Waals surface area contributed by atoms with E-state index in [1.54, 1.807) is 12.3 Å². The Balaban J connectivity index is 1.73. The van der Waals surface area contributed by atoms with Crippen molar-refractivity contribution >= 4 is 5.96 Å². The predicted octanol–water partition coefficient (Wildman–Crippen LogP) is 1.49. The molecule has 1 aromatic heterocycles. The number of nitrogens with zero attached hydrogens (tertiary/aromatic N) is 2. The molecule has 0 radical (unpaired) electrons. The van der Waals surface area contributed by atoms with Gasteiger partial charge in [0.15, 0.2) is 17.5 Å². The van der Waals surface area contributed by atoms with Crippen LogP contribution in [0.2, 0.25) is 0 Å². The van der Waals surface area contributed by atoms with Gasteiger partial charge in [0.05, 0.1) is 7.11 Å². The van der Waals surface area contributed by atoms with Crippen molar-refractivity contribution in [2.45, 2.75) is 12.8 Å². The summed E-state index contributed by atoms with van der Waals surface area (Å²) < 4.78 is 5.08. The van der Waals surface area contributed by atoms with Gasteiger partial charge in [0, 0.05) is 31.4 Å². The molecule has 0 spiro atoms. The van der Waals surface area contributed by atoms with Gasteiger partial charge in [-0.3, -0.25) is 9.98 Å². The van der Waals surface area contributed by atoms with Crippen LogP contribution in [-0.2, 0) is 12.8 Å². The summed E-state index contributed by atoms with van der Waals surface area (Å²) in [6, 6.07) is 11.1. The van der Waals surface area contributed by atoms with Crippen LogP contribution >= 0.6 is 0 Å². The molecular weight excluding hydrogens is 292 g/mol. The quantitative estimate of drug-likeness (QED) is 0.532. The summed E-state index contributed by atoms with van der Waals surface area (Å²) in [6.45, 7) is 1.26. The molecule has 6 nitrogen and oxygen atoms in total. The number of hydrogen-bond donors (Lipinski definition) is 3. The molecule has 0 saturated carbocycles. The predicted molar refractivity (Wildman–Crippen MR) is 90.8 cm³/mol. The summed E-state index contributed by atoms with van der Waals surface area (Å²) in [5.41, 5.74) is 7.89. The molecule has 2 rings (SSSR count). The van der Waals surface area contributed by atoms with Crippen molar-refractivity contribution in [3.05, 3.63) is 53.9 Å². The number of hydrogen-bond acceptors (Lipinski definition) is 4. The number of aliphatic imine (C=N–C) groups is 1. The number of phenols is 1. The van der Waals surface area contributed by atoms with Crippen LogP contribution in [-0.4, -0.2) is 36.2 Å². The van der Waals surface area contributed by atoms with Crippen molar-refractivity contribution < 1.29 is 9.84 Å². The van der Waals surface area contributed by atoms with Crippen LogP contribution in [0.1, 0.15) is 11.3 Å². The fourth-order valence-electron chi connectivity index (χ4n) is 2.11. The van der Waals surface area contributed by atoms with Crippen LogP contribution < -0.4 is 15.8 Å². The topological polar surface area (TPSA) is 92.8 Å². The molecule has 0 aliphatic heterocycles. The third-order valence-electron chi connectivity index (χ3n) is 3.34. The molecule has 0 aliphatic carbocycles. The van der Waals surface area contributed by atoms with Crippen molar-refractivity contribution in [1.82, 2.24) is 10.3 Å². The number of aromatic nitrogens is 1. The molecule has 23 heavy (non-hydrogen) atoms. The number of ether oxygens (including phenoxy) is 1. The Morgan fingerprint density at radius 1 is 1.30 bits per heavy atom. The Morgan fingerprint density at radius 3 is 2.91 bits per heavy atom. The summed E-state index contributed by atoms with van der Waals surface area (Å²) in [5, 5.41) is 12.6. The number of methoxy groups -OCH3 is 1. The first-order valence-corrected chi connectivity index (χ1v) is 7.48. The fourth-order valence-corrected chi connectivity index (χ4v) is 2.11. The largest absolute Gasteiger partial charge is 0.504 e. The Bertz CT molecular complexity index is 644. The number of nitrogens with two attached hydrogens (primary N) is 1. The molecule has 6 heteroatoms. The van der Waals surface area contributed by atoms with Gasteiger partial charge in [0.25, 0.3) is 0 Å². The normalized spacial score (nSPS) is 11.3. The summed E-state index contributed by atoms with van der Waals surface area (Å²) in [7, 11) is 1.53. The number of phenolic OH excluding ortho intramolecular Hbond substituents is 1. The second kappa shape index (κ2) is 8.63.